The van der Waals surface area contributed by atoms with Gasteiger partial charge in [0.1, 0.15) is 12.6 Å². The van der Waals surface area contributed by atoms with E-state index in [0.29, 0.717) is 16.3 Å². The summed E-state index contributed by atoms with van der Waals surface area (Å²) in [5.41, 5.74) is 4.50. The van der Waals surface area contributed by atoms with Gasteiger partial charge in [-0.2, -0.15) is 0 Å². The van der Waals surface area contributed by atoms with Gasteiger partial charge in [-0.3, -0.25) is 13.9 Å². The first-order valence-corrected chi connectivity index (χ1v) is 17.9. The molecule has 0 heterocycles. The van der Waals surface area contributed by atoms with Crippen LogP contribution in [0.1, 0.15) is 53.5 Å². The Hall–Kier alpha value is -4.14. The van der Waals surface area contributed by atoms with Crippen LogP contribution in [0, 0.1) is 20.8 Å². The first-order valence-electron chi connectivity index (χ1n) is 16.1. The Labute approximate surface area is 283 Å². The molecule has 1 N–H and O–H groups in total. The minimum atomic E-state index is -4.22. The van der Waals surface area contributed by atoms with Crippen LogP contribution in [0.5, 0.6) is 0 Å². The van der Waals surface area contributed by atoms with Crippen molar-refractivity contribution in [3.8, 4) is 0 Å². The van der Waals surface area contributed by atoms with Gasteiger partial charge in [-0.25, -0.2) is 8.42 Å². The van der Waals surface area contributed by atoms with Crippen LogP contribution in [-0.2, 0) is 32.6 Å². The molecule has 0 saturated heterocycles. The average Bonchev–Trinajstić information content (AvgIpc) is 3.56. The first-order chi connectivity index (χ1) is 22.5. The number of rotatable bonds is 12. The summed E-state index contributed by atoms with van der Waals surface area (Å²) >= 11 is 6.49. The third-order valence-electron chi connectivity index (χ3n) is 8.80. The maximum Gasteiger partial charge on any atom is 0.264 e. The van der Waals surface area contributed by atoms with E-state index in [9.17, 15) is 18.0 Å². The van der Waals surface area contributed by atoms with E-state index >= 15 is 0 Å². The molecular formula is C38H42ClN3O4S. The number of hydrogen-bond donors (Lipinski definition) is 1. The molecule has 0 bridgehead atoms. The van der Waals surface area contributed by atoms with Crippen LogP contribution >= 0.6 is 11.6 Å². The van der Waals surface area contributed by atoms with Gasteiger partial charge in [-0.15, -0.1) is 0 Å². The fraction of sp³-hybridized carbons (Fsp3) is 0.316. The van der Waals surface area contributed by atoms with Crippen molar-refractivity contribution >= 4 is 39.1 Å². The van der Waals surface area contributed by atoms with Gasteiger partial charge in [0.05, 0.1) is 10.6 Å². The summed E-state index contributed by atoms with van der Waals surface area (Å²) in [7, 11) is -4.22. The van der Waals surface area contributed by atoms with Gasteiger partial charge in [0, 0.05) is 24.0 Å². The normalized spacial score (nSPS) is 14.0. The van der Waals surface area contributed by atoms with Gasteiger partial charge < -0.3 is 10.2 Å². The van der Waals surface area contributed by atoms with E-state index < -0.39 is 28.5 Å². The second-order valence-corrected chi connectivity index (χ2v) is 14.7. The molecule has 47 heavy (non-hydrogen) atoms. The largest absolute Gasteiger partial charge is 0.352 e. The van der Waals surface area contributed by atoms with E-state index in [1.54, 1.807) is 54.3 Å². The second kappa shape index (κ2) is 15.2. The number of hydrogen-bond acceptors (Lipinski definition) is 4. The molecule has 1 atom stereocenters. The Morgan fingerprint density at radius 2 is 1.49 bits per heavy atom. The predicted octanol–water partition coefficient (Wildman–Crippen LogP) is 7.16. The SMILES string of the molecule is Cc1ccc(S(=O)(=O)N(CC(=O)N(Cc2cccc(C)c2)[C@H](Cc2ccccc2)C(=O)NC2CCCC2)c2cccc(Cl)c2C)cc1. The minimum Gasteiger partial charge on any atom is -0.352 e. The highest BCUT2D eigenvalue weighted by Crippen LogP contribution is 2.31. The van der Waals surface area contributed by atoms with Crippen LogP contribution < -0.4 is 9.62 Å². The van der Waals surface area contributed by atoms with Crippen LogP contribution in [0.4, 0.5) is 5.69 Å². The molecule has 5 rings (SSSR count). The number of halogens is 1. The lowest BCUT2D eigenvalue weighted by Gasteiger charge is -2.34. The van der Waals surface area contributed by atoms with Gasteiger partial charge in [0.15, 0.2) is 0 Å². The highest BCUT2D eigenvalue weighted by Gasteiger charge is 2.36. The lowest BCUT2D eigenvalue weighted by atomic mass is 10.0. The fourth-order valence-corrected chi connectivity index (χ4v) is 7.79. The third kappa shape index (κ3) is 8.42. The van der Waals surface area contributed by atoms with E-state index in [1.165, 1.54) is 0 Å². The summed E-state index contributed by atoms with van der Waals surface area (Å²) < 4.78 is 29.8. The second-order valence-electron chi connectivity index (χ2n) is 12.4. The van der Waals surface area contributed by atoms with Crippen LogP contribution in [0.2, 0.25) is 5.02 Å². The Morgan fingerprint density at radius 3 is 2.17 bits per heavy atom. The van der Waals surface area contributed by atoms with Crippen molar-refractivity contribution in [1.82, 2.24) is 10.2 Å². The van der Waals surface area contributed by atoms with Gasteiger partial charge in [0.2, 0.25) is 11.8 Å². The molecule has 246 valence electrons. The summed E-state index contributed by atoms with van der Waals surface area (Å²) in [6.45, 7) is 5.19. The van der Waals surface area contributed by atoms with Crippen LogP contribution in [0.25, 0.3) is 0 Å². The number of benzene rings is 4. The molecule has 7 nitrogen and oxygen atoms in total. The summed E-state index contributed by atoms with van der Waals surface area (Å²) in [5.74, 6) is -0.738. The lowest BCUT2D eigenvalue weighted by Crippen LogP contribution is -2.54. The van der Waals surface area contributed by atoms with E-state index in [0.717, 1.165) is 52.2 Å². The third-order valence-corrected chi connectivity index (χ3v) is 11.0. The molecule has 1 aliphatic rings. The molecule has 1 aliphatic carbocycles. The van der Waals surface area contributed by atoms with Crippen LogP contribution in [-0.4, -0.2) is 43.8 Å². The Morgan fingerprint density at radius 1 is 0.830 bits per heavy atom. The fourth-order valence-electron chi connectivity index (χ4n) is 6.15. The van der Waals surface area contributed by atoms with E-state index in [4.69, 9.17) is 11.6 Å². The molecule has 0 unspecified atom stereocenters. The van der Waals surface area contributed by atoms with Crippen molar-refractivity contribution in [3.63, 3.8) is 0 Å². The van der Waals surface area contributed by atoms with Crippen molar-refractivity contribution in [2.45, 2.75) is 76.4 Å². The molecule has 2 amide bonds. The molecule has 4 aromatic carbocycles. The number of nitrogens with one attached hydrogen (secondary N) is 1. The highest BCUT2D eigenvalue weighted by molar-refractivity contribution is 7.92. The zero-order chi connectivity index (χ0) is 33.6. The Bertz CT molecular complexity index is 1810. The van der Waals surface area contributed by atoms with Gasteiger partial charge >= 0.3 is 0 Å². The van der Waals surface area contributed by atoms with E-state index in [1.807, 2.05) is 68.4 Å². The first kappa shape index (κ1) is 34.2. The minimum absolute atomic E-state index is 0.0456. The van der Waals surface area contributed by atoms with Gasteiger partial charge in [-0.1, -0.05) is 108 Å². The Balaban J connectivity index is 1.59. The molecule has 1 fully saturated rings. The van der Waals surface area contributed by atoms with E-state index in [2.05, 4.69) is 5.32 Å². The number of carbonyl (C=O) groups excluding carboxylic acids is 2. The quantitative estimate of drug-likeness (QED) is 0.173. The molecule has 4 aromatic rings. The van der Waals surface area contributed by atoms with Gasteiger partial charge in [0.25, 0.3) is 10.0 Å². The monoisotopic (exact) mass is 671 g/mol. The van der Waals surface area contributed by atoms with Crippen molar-refractivity contribution in [2.75, 3.05) is 10.8 Å². The summed E-state index contributed by atoms with van der Waals surface area (Å²) in [6.07, 6.45) is 4.16. The molecular weight excluding hydrogens is 630 g/mol. The van der Waals surface area contributed by atoms with Crippen molar-refractivity contribution in [1.29, 1.82) is 0 Å². The number of amides is 2. The molecule has 0 spiro atoms. The molecule has 0 aromatic heterocycles. The van der Waals surface area contributed by atoms with Crippen molar-refractivity contribution in [3.05, 3.63) is 130 Å². The van der Waals surface area contributed by atoms with Gasteiger partial charge in [-0.05, 0) is 74.6 Å². The number of carbonyl (C=O) groups is 2. The lowest BCUT2D eigenvalue weighted by molar-refractivity contribution is -0.140. The Kier molecular flexibility index (Phi) is 11.0. The topological polar surface area (TPSA) is 86.8 Å². The standard InChI is InChI=1S/C38H42ClN3O4S/c1-27-19-21-33(22-20-27)47(45,46)42(35-18-10-17-34(39)29(35)3)26-37(43)41(25-31-14-9-11-28(2)23-31)36(24-30-12-5-4-6-13-30)38(44)40-32-15-7-8-16-32/h4-6,9-14,17-23,32,36H,7-8,15-16,24-26H2,1-3H3,(H,40,44)/t36-/m1/s1. The number of aryl methyl sites for hydroxylation is 2. The highest BCUT2D eigenvalue weighted by atomic mass is 35.5. The number of sulfonamides is 1. The number of nitrogens with zero attached hydrogens (tertiary/aromatic N) is 2. The van der Waals surface area contributed by atoms with Crippen molar-refractivity contribution < 1.29 is 18.0 Å². The number of anilines is 1. The average molecular weight is 672 g/mol. The van der Waals surface area contributed by atoms with E-state index in [-0.39, 0.29) is 29.8 Å². The zero-order valence-electron chi connectivity index (χ0n) is 27.2. The summed E-state index contributed by atoms with van der Waals surface area (Å²) in [4.78, 5) is 30.5. The predicted molar refractivity (Wildman–Crippen MR) is 188 cm³/mol. The summed E-state index contributed by atoms with van der Waals surface area (Å²) in [5, 5.41) is 3.60. The van der Waals surface area contributed by atoms with Crippen LogP contribution in [0.15, 0.2) is 102 Å². The maximum absolute atomic E-state index is 14.7. The molecule has 9 heteroatoms. The smallest absolute Gasteiger partial charge is 0.264 e. The van der Waals surface area contributed by atoms with Crippen molar-refractivity contribution in [2.24, 2.45) is 0 Å². The maximum atomic E-state index is 14.7. The van der Waals surface area contributed by atoms with Crippen LogP contribution in [0.3, 0.4) is 0 Å². The molecule has 0 radical (unpaired) electrons. The summed E-state index contributed by atoms with van der Waals surface area (Å²) in [6, 6.07) is 28.1. The molecule has 0 aliphatic heterocycles. The zero-order valence-corrected chi connectivity index (χ0v) is 28.7. The molecule has 1 saturated carbocycles.